The molecule has 0 spiro atoms. The number of halogens is 3. The molecule has 2 amide bonds. The van der Waals surface area contributed by atoms with Gasteiger partial charge in [0.05, 0.1) is 18.2 Å². The standard InChI is InChI=1S/C18H15Cl3N2O2/c19-12-3-5-14(6-4-12)23-17(24)10-16(18(23)25)22-8-7-11-1-2-13(20)9-15(11)21/h1-6,9,16,22H,7-8,10H2/t16-/m0/s1. The normalized spacial score (nSPS) is 17.4. The van der Waals surface area contributed by atoms with Crippen LogP contribution in [-0.2, 0) is 16.0 Å². The highest BCUT2D eigenvalue weighted by molar-refractivity contribution is 6.35. The minimum absolute atomic E-state index is 0.135. The molecule has 0 saturated carbocycles. The largest absolute Gasteiger partial charge is 0.305 e. The Morgan fingerprint density at radius 3 is 2.36 bits per heavy atom. The SMILES string of the molecule is O=C1C[C@H](NCCc2ccc(Cl)cc2Cl)C(=O)N1c1ccc(Cl)cc1. The van der Waals surface area contributed by atoms with E-state index < -0.39 is 6.04 Å². The van der Waals surface area contributed by atoms with Crippen LogP contribution >= 0.6 is 34.8 Å². The lowest BCUT2D eigenvalue weighted by molar-refractivity contribution is -0.121. The van der Waals surface area contributed by atoms with Gasteiger partial charge in [-0.2, -0.15) is 0 Å². The Bertz CT molecular complexity index is 808. The first-order valence-electron chi connectivity index (χ1n) is 7.75. The summed E-state index contributed by atoms with van der Waals surface area (Å²) in [7, 11) is 0. The molecule has 1 N–H and O–H groups in total. The molecule has 0 aromatic heterocycles. The van der Waals surface area contributed by atoms with Crippen LogP contribution < -0.4 is 10.2 Å². The molecular formula is C18H15Cl3N2O2. The van der Waals surface area contributed by atoms with Gasteiger partial charge >= 0.3 is 0 Å². The van der Waals surface area contributed by atoms with Crippen LogP contribution in [0, 0.1) is 0 Å². The number of carbonyl (C=O) groups is 2. The average molecular weight is 398 g/mol. The van der Waals surface area contributed by atoms with Crippen molar-refractivity contribution in [3.63, 3.8) is 0 Å². The van der Waals surface area contributed by atoms with Gasteiger partial charge in [0, 0.05) is 15.1 Å². The van der Waals surface area contributed by atoms with Crippen LogP contribution in [0.25, 0.3) is 0 Å². The van der Waals surface area contributed by atoms with Crippen molar-refractivity contribution in [3.05, 3.63) is 63.1 Å². The number of nitrogens with one attached hydrogen (secondary N) is 1. The lowest BCUT2D eigenvalue weighted by atomic mass is 10.1. The predicted octanol–water partition coefficient (Wildman–Crippen LogP) is 4.11. The number of hydrogen-bond acceptors (Lipinski definition) is 3. The first-order valence-corrected chi connectivity index (χ1v) is 8.89. The second-order valence-electron chi connectivity index (χ2n) is 5.74. The highest BCUT2D eigenvalue weighted by atomic mass is 35.5. The molecule has 2 aromatic carbocycles. The van der Waals surface area contributed by atoms with Crippen molar-refractivity contribution >= 4 is 52.3 Å². The van der Waals surface area contributed by atoms with E-state index in [0.717, 1.165) is 5.56 Å². The summed E-state index contributed by atoms with van der Waals surface area (Å²) in [6.45, 7) is 0.527. The zero-order valence-electron chi connectivity index (χ0n) is 13.1. The predicted molar refractivity (Wildman–Crippen MR) is 101 cm³/mol. The van der Waals surface area contributed by atoms with Crippen LogP contribution in [0.5, 0.6) is 0 Å². The Labute approximate surface area is 160 Å². The van der Waals surface area contributed by atoms with Crippen molar-refractivity contribution in [1.82, 2.24) is 5.32 Å². The molecular weight excluding hydrogens is 383 g/mol. The second kappa shape index (κ2) is 7.75. The van der Waals surface area contributed by atoms with Crippen molar-refractivity contribution in [1.29, 1.82) is 0 Å². The fourth-order valence-electron chi connectivity index (χ4n) is 2.76. The summed E-state index contributed by atoms with van der Waals surface area (Å²) in [6.07, 6.45) is 0.769. The molecule has 1 aliphatic rings. The fraction of sp³-hybridized carbons (Fsp3) is 0.222. The molecule has 1 aliphatic heterocycles. The van der Waals surface area contributed by atoms with E-state index in [9.17, 15) is 9.59 Å². The highest BCUT2D eigenvalue weighted by Crippen LogP contribution is 2.25. The number of hydrogen-bond donors (Lipinski definition) is 1. The molecule has 1 atom stereocenters. The van der Waals surface area contributed by atoms with Crippen LogP contribution in [0.4, 0.5) is 5.69 Å². The third-order valence-corrected chi connectivity index (χ3v) is 4.87. The van der Waals surface area contributed by atoms with E-state index in [1.807, 2.05) is 6.07 Å². The maximum atomic E-state index is 12.5. The molecule has 2 aromatic rings. The van der Waals surface area contributed by atoms with Gasteiger partial charge in [0.15, 0.2) is 0 Å². The molecule has 7 heteroatoms. The van der Waals surface area contributed by atoms with Crippen molar-refractivity contribution < 1.29 is 9.59 Å². The van der Waals surface area contributed by atoms with Crippen LogP contribution in [0.3, 0.4) is 0 Å². The van der Waals surface area contributed by atoms with E-state index >= 15 is 0 Å². The van der Waals surface area contributed by atoms with Gasteiger partial charge in [0.1, 0.15) is 0 Å². The van der Waals surface area contributed by atoms with Gasteiger partial charge in [-0.1, -0.05) is 40.9 Å². The Morgan fingerprint density at radius 2 is 1.68 bits per heavy atom. The molecule has 1 saturated heterocycles. The van der Waals surface area contributed by atoms with Crippen LogP contribution in [0.15, 0.2) is 42.5 Å². The van der Waals surface area contributed by atoms with Crippen molar-refractivity contribution in [2.75, 3.05) is 11.4 Å². The zero-order valence-corrected chi connectivity index (χ0v) is 15.4. The monoisotopic (exact) mass is 396 g/mol. The Kier molecular flexibility index (Phi) is 5.64. The molecule has 0 unspecified atom stereocenters. The summed E-state index contributed by atoms with van der Waals surface area (Å²) in [4.78, 5) is 25.9. The van der Waals surface area contributed by atoms with E-state index in [2.05, 4.69) is 5.32 Å². The number of amides is 2. The number of nitrogens with zero attached hydrogens (tertiary/aromatic N) is 1. The minimum Gasteiger partial charge on any atom is -0.305 e. The van der Waals surface area contributed by atoms with E-state index in [0.29, 0.717) is 33.7 Å². The topological polar surface area (TPSA) is 49.4 Å². The summed E-state index contributed by atoms with van der Waals surface area (Å²) in [6, 6.07) is 11.4. The maximum Gasteiger partial charge on any atom is 0.251 e. The van der Waals surface area contributed by atoms with Gasteiger partial charge in [0.25, 0.3) is 5.91 Å². The molecule has 4 nitrogen and oxygen atoms in total. The smallest absolute Gasteiger partial charge is 0.251 e. The Hall–Kier alpha value is -1.59. The molecule has 0 aliphatic carbocycles. The summed E-state index contributed by atoms with van der Waals surface area (Å²) < 4.78 is 0. The summed E-state index contributed by atoms with van der Waals surface area (Å²) >= 11 is 17.9. The molecule has 1 fully saturated rings. The number of carbonyl (C=O) groups excluding carboxylic acids is 2. The van der Waals surface area contributed by atoms with Gasteiger partial charge < -0.3 is 5.32 Å². The van der Waals surface area contributed by atoms with Gasteiger partial charge in [-0.3, -0.25) is 9.59 Å². The molecule has 1 heterocycles. The second-order valence-corrected chi connectivity index (χ2v) is 7.02. The lowest BCUT2D eigenvalue weighted by Gasteiger charge is -2.15. The Morgan fingerprint density at radius 1 is 1.00 bits per heavy atom. The van der Waals surface area contributed by atoms with Crippen molar-refractivity contribution in [3.8, 4) is 0 Å². The first kappa shape index (κ1) is 18.2. The first-order chi connectivity index (χ1) is 12.0. The summed E-state index contributed by atoms with van der Waals surface area (Å²) in [5.41, 5.74) is 1.47. The number of benzene rings is 2. The number of anilines is 1. The third kappa shape index (κ3) is 4.15. The van der Waals surface area contributed by atoms with E-state index in [1.165, 1.54) is 4.90 Å². The van der Waals surface area contributed by atoms with Crippen molar-refractivity contribution in [2.24, 2.45) is 0 Å². The number of imide groups is 1. The van der Waals surface area contributed by atoms with Crippen molar-refractivity contribution in [2.45, 2.75) is 18.9 Å². The van der Waals surface area contributed by atoms with Gasteiger partial charge in [-0.25, -0.2) is 4.90 Å². The van der Waals surface area contributed by atoms with Gasteiger partial charge in [-0.05, 0) is 54.9 Å². The zero-order chi connectivity index (χ0) is 18.0. The Balaban J connectivity index is 1.61. The summed E-state index contributed by atoms with van der Waals surface area (Å²) in [5.74, 6) is -0.483. The summed E-state index contributed by atoms with van der Waals surface area (Å²) in [5, 5.41) is 4.86. The highest BCUT2D eigenvalue weighted by Gasteiger charge is 2.39. The van der Waals surface area contributed by atoms with Gasteiger partial charge in [-0.15, -0.1) is 0 Å². The van der Waals surface area contributed by atoms with Crippen LogP contribution in [0.1, 0.15) is 12.0 Å². The van der Waals surface area contributed by atoms with E-state index in [1.54, 1.807) is 36.4 Å². The van der Waals surface area contributed by atoms with E-state index in [-0.39, 0.29) is 18.2 Å². The van der Waals surface area contributed by atoms with Crippen LogP contribution in [-0.4, -0.2) is 24.4 Å². The number of rotatable bonds is 5. The third-order valence-electron chi connectivity index (χ3n) is 4.03. The molecule has 0 bridgehead atoms. The fourth-order valence-corrected chi connectivity index (χ4v) is 3.39. The molecule has 130 valence electrons. The van der Waals surface area contributed by atoms with E-state index in [4.69, 9.17) is 34.8 Å². The minimum atomic E-state index is -0.533. The van der Waals surface area contributed by atoms with Gasteiger partial charge in [0.2, 0.25) is 5.91 Å². The quantitative estimate of drug-likeness (QED) is 0.772. The molecule has 3 rings (SSSR count). The lowest BCUT2D eigenvalue weighted by Crippen LogP contribution is -2.39. The average Bonchev–Trinajstić information content (AvgIpc) is 2.85. The molecule has 25 heavy (non-hydrogen) atoms. The molecule has 0 radical (unpaired) electrons. The van der Waals surface area contributed by atoms with Crippen LogP contribution in [0.2, 0.25) is 15.1 Å². The maximum absolute atomic E-state index is 12.5.